The van der Waals surface area contributed by atoms with Crippen molar-refractivity contribution in [2.45, 2.75) is 18.8 Å². The first kappa shape index (κ1) is 22.2. The number of rotatable bonds is 8. The van der Waals surface area contributed by atoms with E-state index >= 15 is 0 Å². The monoisotopic (exact) mass is 463 g/mol. The Morgan fingerprint density at radius 1 is 0.829 bits per heavy atom. The molecule has 2 heterocycles. The number of aromatic nitrogens is 2. The van der Waals surface area contributed by atoms with Crippen LogP contribution in [0.3, 0.4) is 0 Å². The van der Waals surface area contributed by atoms with Crippen LogP contribution in [0.25, 0.3) is 21.8 Å². The standard InChI is InChI=1S/C29H25N3O3/c1-18(29(34)35)14-28(33)32-25-11-5-2-8-19(25)15-22(23-16-30-26-12-6-3-9-20(23)26)24-17-31-27-13-7-4-10-21(24)27/h2-13,16-17,22,30-31H,1,14-15H2,(H,32,33)(H,34,35). The van der Waals surface area contributed by atoms with E-state index in [1.165, 1.54) is 11.1 Å². The molecule has 4 N–H and O–H groups in total. The lowest BCUT2D eigenvalue weighted by Crippen LogP contribution is -2.16. The maximum absolute atomic E-state index is 12.5. The van der Waals surface area contributed by atoms with Crippen LogP contribution in [0, 0.1) is 0 Å². The number of carboxylic acid groups (broad SMARTS) is 1. The highest BCUT2D eigenvalue weighted by Crippen LogP contribution is 2.38. The van der Waals surface area contributed by atoms with Crippen molar-refractivity contribution < 1.29 is 14.7 Å². The zero-order chi connectivity index (χ0) is 24.4. The third kappa shape index (κ3) is 4.46. The summed E-state index contributed by atoms with van der Waals surface area (Å²) < 4.78 is 0. The van der Waals surface area contributed by atoms with Gasteiger partial charge >= 0.3 is 5.97 Å². The first-order valence-corrected chi connectivity index (χ1v) is 11.4. The molecule has 0 bridgehead atoms. The second-order valence-corrected chi connectivity index (χ2v) is 8.63. The van der Waals surface area contributed by atoms with E-state index in [2.05, 4.69) is 58.5 Å². The van der Waals surface area contributed by atoms with E-state index in [-0.39, 0.29) is 17.9 Å². The summed E-state index contributed by atoms with van der Waals surface area (Å²) in [6.45, 7) is 3.46. The van der Waals surface area contributed by atoms with Gasteiger partial charge in [0.1, 0.15) is 0 Å². The Morgan fingerprint density at radius 3 is 1.97 bits per heavy atom. The SMILES string of the molecule is C=C(CC(=O)Nc1ccccc1CC(c1c[nH]c2ccccc12)c1c[nH]c2ccccc12)C(=O)O. The van der Waals surface area contributed by atoms with Crippen molar-refractivity contribution in [1.29, 1.82) is 0 Å². The maximum Gasteiger partial charge on any atom is 0.331 e. The fourth-order valence-corrected chi connectivity index (χ4v) is 4.66. The summed E-state index contributed by atoms with van der Waals surface area (Å²) in [5, 5.41) is 14.3. The highest BCUT2D eigenvalue weighted by Gasteiger charge is 2.23. The summed E-state index contributed by atoms with van der Waals surface area (Å²) in [4.78, 5) is 30.4. The molecule has 0 aliphatic rings. The molecule has 1 amide bonds. The molecule has 0 aliphatic heterocycles. The number of fused-ring (bicyclic) bond motifs is 2. The minimum Gasteiger partial charge on any atom is -0.478 e. The number of hydrogen-bond acceptors (Lipinski definition) is 2. The maximum atomic E-state index is 12.5. The molecule has 0 saturated heterocycles. The molecule has 0 atom stereocenters. The van der Waals surface area contributed by atoms with E-state index in [1.807, 2.05) is 48.5 Å². The van der Waals surface area contributed by atoms with Gasteiger partial charge in [-0.1, -0.05) is 61.2 Å². The molecule has 2 aromatic heterocycles. The van der Waals surface area contributed by atoms with Crippen LogP contribution in [-0.4, -0.2) is 27.0 Å². The van der Waals surface area contributed by atoms with E-state index in [0.717, 1.165) is 27.4 Å². The quantitative estimate of drug-likeness (QED) is 0.213. The van der Waals surface area contributed by atoms with Crippen molar-refractivity contribution in [2.24, 2.45) is 0 Å². The van der Waals surface area contributed by atoms with Crippen molar-refractivity contribution in [3.63, 3.8) is 0 Å². The molecular formula is C29H25N3O3. The van der Waals surface area contributed by atoms with E-state index in [1.54, 1.807) is 0 Å². The average Bonchev–Trinajstić information content (AvgIpc) is 3.48. The second kappa shape index (κ2) is 9.35. The fourth-order valence-electron chi connectivity index (χ4n) is 4.66. The zero-order valence-corrected chi connectivity index (χ0v) is 19.0. The smallest absolute Gasteiger partial charge is 0.331 e. The Labute approximate surface area is 202 Å². The molecule has 0 radical (unpaired) electrons. The number of carbonyl (C=O) groups is 2. The summed E-state index contributed by atoms with van der Waals surface area (Å²) in [6, 6.07) is 24.1. The molecule has 35 heavy (non-hydrogen) atoms. The molecule has 5 aromatic rings. The molecule has 174 valence electrons. The molecule has 6 heteroatoms. The van der Waals surface area contributed by atoms with Gasteiger partial charge in [0.15, 0.2) is 0 Å². The molecule has 0 saturated carbocycles. The lowest BCUT2D eigenvalue weighted by molar-refractivity contribution is -0.133. The van der Waals surface area contributed by atoms with Crippen LogP contribution in [0.5, 0.6) is 0 Å². The van der Waals surface area contributed by atoms with Crippen molar-refractivity contribution in [1.82, 2.24) is 9.97 Å². The summed E-state index contributed by atoms with van der Waals surface area (Å²) >= 11 is 0. The zero-order valence-electron chi connectivity index (χ0n) is 19.0. The van der Waals surface area contributed by atoms with Crippen LogP contribution >= 0.6 is 0 Å². The number of hydrogen-bond donors (Lipinski definition) is 4. The van der Waals surface area contributed by atoms with Gasteiger partial charge in [0.05, 0.1) is 6.42 Å². The molecule has 5 rings (SSSR count). The topological polar surface area (TPSA) is 98.0 Å². The highest BCUT2D eigenvalue weighted by molar-refractivity contribution is 5.99. The number of carboxylic acids is 1. The van der Waals surface area contributed by atoms with Gasteiger partial charge in [-0.3, -0.25) is 4.79 Å². The number of benzene rings is 3. The van der Waals surface area contributed by atoms with Gasteiger partial charge in [-0.05, 0) is 41.3 Å². The summed E-state index contributed by atoms with van der Waals surface area (Å²) in [5.74, 6) is -1.57. The number of amides is 1. The van der Waals surface area contributed by atoms with Crippen molar-refractivity contribution >= 4 is 39.4 Å². The van der Waals surface area contributed by atoms with Gasteiger partial charge in [0.25, 0.3) is 0 Å². The van der Waals surface area contributed by atoms with Crippen LogP contribution < -0.4 is 5.32 Å². The molecule has 0 aliphatic carbocycles. The van der Waals surface area contributed by atoms with E-state index in [9.17, 15) is 9.59 Å². The van der Waals surface area contributed by atoms with Crippen LogP contribution in [0.2, 0.25) is 0 Å². The third-order valence-corrected chi connectivity index (χ3v) is 6.39. The minimum atomic E-state index is -1.17. The van der Waals surface area contributed by atoms with Crippen LogP contribution in [0.4, 0.5) is 5.69 Å². The number of nitrogens with one attached hydrogen (secondary N) is 3. The molecule has 3 aromatic carbocycles. The summed E-state index contributed by atoms with van der Waals surface area (Å²) in [5.41, 5.74) is 5.97. The summed E-state index contributed by atoms with van der Waals surface area (Å²) in [7, 11) is 0. The van der Waals surface area contributed by atoms with Gasteiger partial charge in [-0.15, -0.1) is 0 Å². The Hall–Kier alpha value is -4.58. The number of aromatic amines is 2. The van der Waals surface area contributed by atoms with Crippen molar-refractivity contribution in [3.8, 4) is 0 Å². The predicted octanol–water partition coefficient (Wildman–Crippen LogP) is 5.99. The third-order valence-electron chi connectivity index (χ3n) is 6.39. The number of carbonyl (C=O) groups excluding carboxylic acids is 1. The van der Waals surface area contributed by atoms with Gasteiger partial charge in [-0.25, -0.2) is 4.79 Å². The van der Waals surface area contributed by atoms with Gasteiger partial charge in [0, 0.05) is 51.4 Å². The van der Waals surface area contributed by atoms with Crippen molar-refractivity contribution in [3.05, 3.63) is 114 Å². The number of anilines is 1. The molecule has 0 spiro atoms. The van der Waals surface area contributed by atoms with Crippen LogP contribution in [0.15, 0.2) is 97.3 Å². The van der Waals surface area contributed by atoms with Crippen LogP contribution in [0.1, 0.15) is 29.0 Å². The number of aliphatic carboxylic acids is 1. The van der Waals surface area contributed by atoms with E-state index in [4.69, 9.17) is 5.11 Å². The Morgan fingerprint density at radius 2 is 1.37 bits per heavy atom. The lowest BCUT2D eigenvalue weighted by atomic mass is 9.85. The predicted molar refractivity (Wildman–Crippen MR) is 139 cm³/mol. The Balaban J connectivity index is 1.55. The van der Waals surface area contributed by atoms with Gasteiger partial charge in [-0.2, -0.15) is 0 Å². The normalized spacial score (nSPS) is 11.2. The van der Waals surface area contributed by atoms with Gasteiger partial charge in [0.2, 0.25) is 5.91 Å². The minimum absolute atomic E-state index is 0.00865. The lowest BCUT2D eigenvalue weighted by Gasteiger charge is -2.19. The largest absolute Gasteiger partial charge is 0.478 e. The Kier molecular flexibility index (Phi) is 5.94. The Bertz CT molecular complexity index is 1490. The van der Waals surface area contributed by atoms with Crippen LogP contribution in [-0.2, 0) is 16.0 Å². The van der Waals surface area contributed by atoms with Gasteiger partial charge < -0.3 is 20.4 Å². The highest BCUT2D eigenvalue weighted by atomic mass is 16.4. The molecule has 0 unspecified atom stereocenters. The first-order chi connectivity index (χ1) is 17.0. The number of H-pyrrole nitrogens is 2. The molecule has 0 fully saturated rings. The average molecular weight is 464 g/mol. The summed E-state index contributed by atoms with van der Waals surface area (Å²) in [6.07, 6.45) is 4.50. The van der Waals surface area contributed by atoms with E-state index in [0.29, 0.717) is 12.1 Å². The molecule has 6 nitrogen and oxygen atoms in total. The molecular weight excluding hydrogens is 438 g/mol. The van der Waals surface area contributed by atoms with E-state index < -0.39 is 11.9 Å². The second-order valence-electron chi connectivity index (χ2n) is 8.63. The number of para-hydroxylation sites is 3. The first-order valence-electron chi connectivity index (χ1n) is 11.4. The van der Waals surface area contributed by atoms with Crippen molar-refractivity contribution in [2.75, 3.05) is 5.32 Å². The fraction of sp³-hybridized carbons (Fsp3) is 0.103.